The molecule has 4 rings (SSSR count). The highest BCUT2D eigenvalue weighted by Crippen LogP contribution is 2.33. The summed E-state index contributed by atoms with van der Waals surface area (Å²) in [7, 11) is 0. The monoisotopic (exact) mass is 500 g/mol. The third kappa shape index (κ3) is 5.56. The number of aryl methyl sites for hydroxylation is 1. The Bertz CT molecular complexity index is 1340. The Morgan fingerprint density at radius 2 is 1.17 bits per heavy atom. The first kappa shape index (κ1) is 25.4. The van der Waals surface area contributed by atoms with Crippen LogP contribution in [0.15, 0.2) is 66.7 Å². The summed E-state index contributed by atoms with van der Waals surface area (Å²) in [5, 5.41) is 0. The van der Waals surface area contributed by atoms with Gasteiger partial charge >= 0.3 is 0 Å². The molecule has 0 saturated carbocycles. The molecule has 0 radical (unpaired) electrons. The maximum Gasteiger partial charge on any atom is 0.194 e. The molecule has 0 heterocycles. The van der Waals surface area contributed by atoms with E-state index in [1.165, 1.54) is 17.7 Å². The van der Waals surface area contributed by atoms with Gasteiger partial charge in [-0.1, -0.05) is 49.7 Å². The summed E-state index contributed by atoms with van der Waals surface area (Å²) >= 11 is 0. The number of halogens is 6. The van der Waals surface area contributed by atoms with Crippen LogP contribution >= 0.6 is 0 Å². The largest absolute Gasteiger partial charge is 0.483 e. The Morgan fingerprint density at radius 3 is 1.75 bits per heavy atom. The molecule has 0 atom stereocenters. The van der Waals surface area contributed by atoms with Crippen molar-refractivity contribution >= 4 is 0 Å². The van der Waals surface area contributed by atoms with Crippen LogP contribution in [0.2, 0.25) is 0 Å². The van der Waals surface area contributed by atoms with E-state index in [4.69, 9.17) is 4.74 Å². The van der Waals surface area contributed by atoms with Gasteiger partial charge in [0.2, 0.25) is 0 Å². The number of ether oxygens (including phenoxy) is 1. The second-order valence-electron chi connectivity index (χ2n) is 8.43. The summed E-state index contributed by atoms with van der Waals surface area (Å²) in [4.78, 5) is 0. The molecule has 0 spiro atoms. The number of benzene rings is 4. The fourth-order valence-electron chi connectivity index (χ4n) is 3.87. The average molecular weight is 500 g/mol. The van der Waals surface area contributed by atoms with Crippen molar-refractivity contribution in [3.05, 3.63) is 113 Å². The zero-order valence-corrected chi connectivity index (χ0v) is 19.4. The quantitative estimate of drug-likeness (QED) is 0.174. The Hall–Kier alpha value is -3.74. The maximum absolute atomic E-state index is 14.9. The zero-order chi connectivity index (χ0) is 25.8. The lowest BCUT2D eigenvalue weighted by molar-refractivity contribution is 0.272. The average Bonchev–Trinajstić information content (AvgIpc) is 2.85. The second-order valence-corrected chi connectivity index (χ2v) is 8.43. The van der Waals surface area contributed by atoms with E-state index in [1.807, 2.05) is 24.3 Å². The minimum atomic E-state index is -1.66. The molecule has 0 aliphatic heterocycles. The topological polar surface area (TPSA) is 9.23 Å². The van der Waals surface area contributed by atoms with E-state index in [1.54, 1.807) is 6.07 Å². The lowest BCUT2D eigenvalue weighted by Gasteiger charge is -2.12. The minimum absolute atomic E-state index is 0.00894. The van der Waals surface area contributed by atoms with E-state index in [-0.39, 0.29) is 16.7 Å². The summed E-state index contributed by atoms with van der Waals surface area (Å²) in [5.74, 6) is -8.26. The van der Waals surface area contributed by atoms with Gasteiger partial charge in [0.05, 0.1) is 0 Å². The van der Waals surface area contributed by atoms with E-state index in [0.717, 1.165) is 37.0 Å². The SMILES string of the molecule is CCCCc1ccc(-c2ccc(-c3cc(F)c(OCc4cc(F)c(F)c(F)c4)c(F)c3)c(F)c2)cc1. The van der Waals surface area contributed by atoms with Gasteiger partial charge in [-0.2, -0.15) is 0 Å². The summed E-state index contributed by atoms with van der Waals surface area (Å²) in [6.45, 7) is 1.51. The van der Waals surface area contributed by atoms with Gasteiger partial charge in [-0.3, -0.25) is 0 Å². The second kappa shape index (κ2) is 10.9. The van der Waals surface area contributed by atoms with Crippen molar-refractivity contribution in [3.63, 3.8) is 0 Å². The predicted octanol–water partition coefficient (Wildman–Crippen LogP) is 8.78. The molecule has 1 nitrogen and oxygen atoms in total. The number of unbranched alkanes of at least 4 members (excludes halogenated alkanes) is 1. The van der Waals surface area contributed by atoms with Crippen molar-refractivity contribution in [2.75, 3.05) is 0 Å². The summed E-state index contributed by atoms with van der Waals surface area (Å²) in [6.07, 6.45) is 3.15. The van der Waals surface area contributed by atoms with Crippen molar-refractivity contribution in [2.24, 2.45) is 0 Å². The Labute approximate surface area is 205 Å². The molecule has 0 aliphatic rings. The van der Waals surface area contributed by atoms with Crippen LogP contribution in [0.5, 0.6) is 5.75 Å². The van der Waals surface area contributed by atoms with Crippen LogP contribution in [0.3, 0.4) is 0 Å². The van der Waals surface area contributed by atoms with Crippen LogP contribution in [0, 0.1) is 34.9 Å². The highest BCUT2D eigenvalue weighted by Gasteiger charge is 2.17. The van der Waals surface area contributed by atoms with Crippen LogP contribution in [-0.2, 0) is 13.0 Å². The van der Waals surface area contributed by atoms with Crippen molar-refractivity contribution in [2.45, 2.75) is 32.8 Å². The number of hydrogen-bond acceptors (Lipinski definition) is 1. The molecule has 4 aromatic carbocycles. The van der Waals surface area contributed by atoms with Crippen LogP contribution < -0.4 is 4.74 Å². The highest BCUT2D eigenvalue weighted by molar-refractivity contribution is 5.71. The highest BCUT2D eigenvalue weighted by atomic mass is 19.2. The lowest BCUT2D eigenvalue weighted by Crippen LogP contribution is -2.03. The molecule has 0 unspecified atom stereocenters. The molecule has 7 heteroatoms. The van der Waals surface area contributed by atoms with E-state index in [0.29, 0.717) is 17.7 Å². The third-order valence-corrected chi connectivity index (χ3v) is 5.81. The van der Waals surface area contributed by atoms with Crippen molar-refractivity contribution in [1.82, 2.24) is 0 Å². The molecule has 0 saturated heterocycles. The number of hydrogen-bond donors (Lipinski definition) is 0. The Balaban J connectivity index is 1.53. The van der Waals surface area contributed by atoms with Crippen LogP contribution in [0.1, 0.15) is 30.9 Å². The Kier molecular flexibility index (Phi) is 7.67. The van der Waals surface area contributed by atoms with E-state index in [9.17, 15) is 26.3 Å². The molecular formula is C29H22F6O. The fourth-order valence-corrected chi connectivity index (χ4v) is 3.87. The molecule has 0 fully saturated rings. The minimum Gasteiger partial charge on any atom is -0.483 e. The molecule has 4 aromatic rings. The predicted molar refractivity (Wildman–Crippen MR) is 126 cm³/mol. The van der Waals surface area contributed by atoms with Gasteiger partial charge in [-0.25, -0.2) is 26.3 Å². The van der Waals surface area contributed by atoms with Crippen LogP contribution in [0.25, 0.3) is 22.3 Å². The van der Waals surface area contributed by atoms with Gasteiger partial charge in [-0.05, 0) is 71.0 Å². The first-order chi connectivity index (χ1) is 17.3. The molecule has 0 aliphatic carbocycles. The van der Waals surface area contributed by atoms with Gasteiger partial charge in [0.25, 0.3) is 0 Å². The standard InChI is InChI=1S/C29H22F6O/c1-2-3-4-17-5-7-19(8-6-17)20-9-10-22(23(30)13-20)21-14-26(33)29(27(34)15-21)36-16-18-11-24(31)28(35)25(32)12-18/h5-15H,2-4,16H2,1H3. The van der Waals surface area contributed by atoms with Gasteiger partial charge in [0, 0.05) is 5.56 Å². The van der Waals surface area contributed by atoms with Gasteiger partial charge in [0.1, 0.15) is 12.4 Å². The van der Waals surface area contributed by atoms with Crippen molar-refractivity contribution in [1.29, 1.82) is 0 Å². The van der Waals surface area contributed by atoms with E-state index >= 15 is 0 Å². The van der Waals surface area contributed by atoms with E-state index in [2.05, 4.69) is 6.92 Å². The van der Waals surface area contributed by atoms with Gasteiger partial charge in [-0.15, -0.1) is 0 Å². The van der Waals surface area contributed by atoms with Crippen molar-refractivity contribution in [3.8, 4) is 28.0 Å². The molecule has 186 valence electrons. The molecular weight excluding hydrogens is 478 g/mol. The summed E-state index contributed by atoms with van der Waals surface area (Å²) < 4.78 is 89.0. The smallest absolute Gasteiger partial charge is 0.194 e. The van der Waals surface area contributed by atoms with Crippen LogP contribution in [-0.4, -0.2) is 0 Å². The van der Waals surface area contributed by atoms with E-state index < -0.39 is 47.3 Å². The third-order valence-electron chi connectivity index (χ3n) is 5.81. The molecule has 0 N–H and O–H groups in total. The lowest BCUT2D eigenvalue weighted by atomic mass is 9.98. The first-order valence-corrected chi connectivity index (χ1v) is 11.4. The van der Waals surface area contributed by atoms with Gasteiger partial charge in [0.15, 0.2) is 34.8 Å². The molecule has 0 aromatic heterocycles. The summed E-state index contributed by atoms with van der Waals surface area (Å²) in [5.41, 5.74) is 2.42. The summed E-state index contributed by atoms with van der Waals surface area (Å²) in [6, 6.07) is 15.4. The molecule has 0 amide bonds. The zero-order valence-electron chi connectivity index (χ0n) is 19.4. The van der Waals surface area contributed by atoms with Gasteiger partial charge < -0.3 is 4.74 Å². The molecule has 0 bridgehead atoms. The normalized spacial score (nSPS) is 11.1. The maximum atomic E-state index is 14.9. The van der Waals surface area contributed by atoms with Crippen molar-refractivity contribution < 1.29 is 31.1 Å². The Morgan fingerprint density at radius 1 is 0.583 bits per heavy atom. The fraction of sp³-hybridized carbons (Fsp3) is 0.172. The first-order valence-electron chi connectivity index (χ1n) is 11.4. The molecule has 36 heavy (non-hydrogen) atoms. The number of rotatable bonds is 8. The van der Waals surface area contributed by atoms with Crippen LogP contribution in [0.4, 0.5) is 26.3 Å².